The second-order valence-corrected chi connectivity index (χ2v) is 49.8. The number of nitrogens with zero attached hydrogens (tertiary/aromatic N) is 18. The van der Waals surface area contributed by atoms with Gasteiger partial charge in [-0.25, -0.2) is 68.1 Å². The number of halogens is 6. The third-order valence-corrected chi connectivity index (χ3v) is 35.5. The van der Waals surface area contributed by atoms with E-state index in [-0.39, 0.29) is 97.9 Å². The van der Waals surface area contributed by atoms with E-state index in [1.54, 1.807) is 23.0 Å². The number of anilines is 2. The monoisotopic (exact) mass is 2090 g/mol. The van der Waals surface area contributed by atoms with Crippen LogP contribution < -0.4 is 11.5 Å². The Morgan fingerprint density at radius 3 is 1.09 bits per heavy atom. The molecule has 6 aliphatic heterocycles. The van der Waals surface area contributed by atoms with E-state index in [0.717, 1.165) is 12.5 Å². The van der Waals surface area contributed by atoms with Crippen LogP contribution in [0.5, 0.6) is 0 Å². The van der Waals surface area contributed by atoms with Crippen molar-refractivity contribution in [2.45, 2.75) is 167 Å². The zero-order valence-electron chi connectivity index (χ0n) is 68.1. The summed E-state index contributed by atoms with van der Waals surface area (Å²) < 4.78 is 217. The number of hydrogen-bond donors (Lipinski definition) is 11. The summed E-state index contributed by atoms with van der Waals surface area (Å²) in [5, 5.41) is 44.1. The molecule has 0 aromatic carbocycles. The molecule has 3 unspecified atom stereocenters. The molecule has 6 fully saturated rings. The van der Waals surface area contributed by atoms with Crippen molar-refractivity contribution in [2.75, 3.05) is 89.5 Å². The molecule has 6 aliphatic rings. The van der Waals surface area contributed by atoms with Crippen LogP contribution >= 0.6 is 99.5 Å². The molecule has 0 bridgehead atoms. The molecule has 13 N–H and O–H groups in total. The highest BCUT2D eigenvalue weighted by molar-refractivity contribution is 8.18. The number of nitrogen functional groups attached to an aromatic ring is 2. The standard InChI is InChI=1S/C17H23Cl2N4O7PS.C13H14Cl2N4O4.2C12H17ClN5O9PS.C6H13N2O5PS/c1-17(2)29-10-8(6-27-16(31(3,4)24)32(5,25)26)28-14(11(10)30-17)23-7-20-9-12(18)21-15(19)22-13(9)23;1-13(2)22-7-5(3-20)21-11(8(7)23-13)19-4-16-6-9(14)17-12(15)18-10(6)19;2*1-29(24,25)12(28(21,22)23)26-2-4-6(19)7(20)10(27-4)18-3-15-5-8(14)16-11(13)17-9(5)18;1-4-12-14(9,13-5-2)6(8-7)15(3,10)11/h7-8,10-11,14,16H,6H2,1-5H3;4-5,7-8,11,20H,3H2,1-2H3;2*3-4,6-7,10,12,19-20H,2H2,1H3,(H2,14,16,17)(H2,21,22,23);4-5H2,1-3H3/t8-,10-,11-,14-,16?;5-,7-,8-,11-;2*4-,6-,7-,10-,12?;/m1111./s1. The number of nitrogens with two attached hydrogens (primary N) is 2. The largest absolute Gasteiger partial charge is 0.490 e. The number of hydrogen-bond acceptors (Lipinski definition) is 44. The van der Waals surface area contributed by atoms with Crippen LogP contribution in [0.4, 0.5) is 11.6 Å². The maximum Gasteiger partial charge on any atom is 0.490 e. The maximum absolute atomic E-state index is 12.5. The highest BCUT2D eigenvalue weighted by Crippen LogP contribution is 2.53. The number of ether oxygens (including phenoxy) is 11. The normalized spacial score (nSPS) is 26.6. The Hall–Kier alpha value is -5.24. The Morgan fingerprint density at radius 2 is 0.773 bits per heavy atom. The summed E-state index contributed by atoms with van der Waals surface area (Å²) in [5.74, 6) is -1.73. The summed E-state index contributed by atoms with van der Waals surface area (Å²) in [7, 11) is -33.7. The average molecular weight is 2090 g/mol. The van der Waals surface area contributed by atoms with Crippen molar-refractivity contribution < 1.29 is 163 Å². The summed E-state index contributed by atoms with van der Waals surface area (Å²) in [6, 6.07) is 0. The minimum absolute atomic E-state index is 0.0152. The van der Waals surface area contributed by atoms with Crippen LogP contribution in [0.2, 0.25) is 31.4 Å². The quantitative estimate of drug-likeness (QED) is 0.00731. The Bertz CT molecular complexity index is 6020. The lowest BCUT2D eigenvalue weighted by atomic mass is 10.1. The van der Waals surface area contributed by atoms with Gasteiger partial charge in [0.1, 0.15) is 102 Å². The Morgan fingerprint density at radius 1 is 0.477 bits per heavy atom. The zero-order chi connectivity index (χ0) is 95.5. The predicted molar refractivity (Wildman–Crippen MR) is 446 cm³/mol. The van der Waals surface area contributed by atoms with Crippen LogP contribution in [0.25, 0.3) is 50.2 Å². The van der Waals surface area contributed by atoms with Crippen molar-refractivity contribution in [1.29, 1.82) is 0 Å². The summed E-state index contributed by atoms with van der Waals surface area (Å²) in [5.41, 5.74) is 22.0. The van der Waals surface area contributed by atoms with E-state index in [1.807, 2.05) is 13.8 Å². The molecule has 68 heteroatoms. The van der Waals surface area contributed by atoms with Crippen molar-refractivity contribution in [3.05, 3.63) is 62.3 Å². The minimum atomic E-state index is -5.17. The van der Waals surface area contributed by atoms with E-state index in [9.17, 15) is 97.0 Å². The topological polar surface area (TPSA) is 770 Å². The van der Waals surface area contributed by atoms with Gasteiger partial charge in [-0.2, -0.15) is 29.9 Å². The maximum atomic E-state index is 12.5. The first-order chi connectivity index (χ1) is 59.0. The Labute approximate surface area is 754 Å². The molecule has 0 amide bonds. The van der Waals surface area contributed by atoms with Crippen LogP contribution in [0.15, 0.2) is 25.3 Å². The molecular formula is C60H84Cl6N20O34P4S4. The van der Waals surface area contributed by atoms with E-state index in [0.29, 0.717) is 34.8 Å². The number of aromatic nitrogens is 16. The molecule has 6 saturated heterocycles. The second-order valence-electron chi connectivity index (χ2n) is 29.7. The van der Waals surface area contributed by atoms with Gasteiger partial charge >= 0.3 is 27.6 Å². The molecule has 19 atom stereocenters. The van der Waals surface area contributed by atoms with Gasteiger partial charge in [-0.3, -0.25) is 36.4 Å². The van der Waals surface area contributed by atoms with Gasteiger partial charge in [0.25, 0.3) is 20.2 Å². The molecule has 128 heavy (non-hydrogen) atoms. The van der Waals surface area contributed by atoms with Gasteiger partial charge in [0.05, 0.1) is 71.2 Å². The predicted octanol–water partition coefficient (Wildman–Crippen LogP) is 1.35. The minimum Gasteiger partial charge on any atom is -0.394 e. The molecule has 14 rings (SSSR count). The molecule has 0 radical (unpaired) electrons. The summed E-state index contributed by atoms with van der Waals surface area (Å²) >= 11 is 35.6. The van der Waals surface area contributed by atoms with Crippen LogP contribution in [0.3, 0.4) is 0 Å². The lowest BCUT2D eigenvalue weighted by Crippen LogP contribution is -2.36. The van der Waals surface area contributed by atoms with Gasteiger partial charge in [-0.05, 0) is 101 Å². The van der Waals surface area contributed by atoms with Crippen molar-refractivity contribution in [2.24, 2.45) is 0 Å². The number of imidazole rings is 4. The molecule has 0 saturated carbocycles. The van der Waals surface area contributed by atoms with Gasteiger partial charge in [-0.15, -0.1) is 4.79 Å². The molecule has 54 nitrogen and oxygen atoms in total. The fourth-order valence-electron chi connectivity index (χ4n) is 13.6. The van der Waals surface area contributed by atoms with Crippen molar-refractivity contribution >= 4 is 200 Å². The highest BCUT2D eigenvalue weighted by atomic mass is 35.5. The highest BCUT2D eigenvalue weighted by Gasteiger charge is 2.59. The lowest BCUT2D eigenvalue weighted by Gasteiger charge is -2.26. The third-order valence-electron chi connectivity index (χ3n) is 18.4. The first kappa shape index (κ1) is 105. The Kier molecular flexibility index (Phi) is 32.7. The summed E-state index contributed by atoms with van der Waals surface area (Å²) in [6.45, 7) is 11.0. The van der Waals surface area contributed by atoms with Gasteiger partial charge in [-0.1, -0.05) is 23.2 Å². The first-order valence-corrected chi connectivity index (χ1v) is 54.1. The number of aliphatic hydroxyl groups is 5. The molecular weight excluding hydrogens is 2010 g/mol. The fourth-order valence-corrected chi connectivity index (χ4v) is 27.6. The van der Waals surface area contributed by atoms with Crippen LogP contribution in [0.1, 0.15) is 66.5 Å². The zero-order valence-corrected chi connectivity index (χ0v) is 79.5. The van der Waals surface area contributed by atoms with Crippen molar-refractivity contribution in [3.63, 3.8) is 0 Å². The van der Waals surface area contributed by atoms with Crippen LogP contribution in [-0.2, 0) is 119 Å². The van der Waals surface area contributed by atoms with Gasteiger partial charge in [0.15, 0.2) is 111 Å². The number of aliphatic hydroxyl groups excluding tert-OH is 5. The summed E-state index contributed by atoms with van der Waals surface area (Å²) in [6.07, 6.45) is -7.51. The fraction of sp³-hybridized carbons (Fsp3) is 0.650. The third kappa shape index (κ3) is 23.8. The SMILES string of the molecule is CC1(C)O[C@@H]2[C@H](O1)[C@@H](CO)O[C@H]2n1cnc2c(Cl)nc(Cl)nc21.CC1(C)O[C@@H]2[C@H](O1)[C@@H](COC(P(C)(C)=O)S(C)(=O)=O)O[C@H]2n1cnc2c(Cl)nc(Cl)nc21.CCOP(=O)(OCC)C(=[N+]=[N-])S(C)(=O)=O.CS(=O)(=O)C(OC[C@H]1O[C@@H](n2cnc3c(N)nc(Cl)nc32)[C@H](O)[C@@H]1O)P(=O)(O)O.CS(=O)(=O)C(OC[C@H]1O[C@@H](n2cnc3c(N)nc(Cl)nc32)[C@H](O)[C@@H]1O)P(=O)(O)O. The van der Waals surface area contributed by atoms with Gasteiger partial charge in [0.2, 0.25) is 26.3 Å². The van der Waals surface area contributed by atoms with E-state index in [4.69, 9.17) is 148 Å². The van der Waals surface area contributed by atoms with Crippen LogP contribution in [0, 0.1) is 0 Å². The molecule has 0 spiro atoms. The Balaban J connectivity index is 0.000000170. The molecule has 8 aromatic rings. The van der Waals surface area contributed by atoms with Crippen molar-refractivity contribution in [3.8, 4) is 0 Å². The van der Waals surface area contributed by atoms with E-state index >= 15 is 0 Å². The number of rotatable bonds is 25. The van der Waals surface area contributed by atoms with Gasteiger partial charge in [0, 0.05) is 18.8 Å². The van der Waals surface area contributed by atoms with Crippen LogP contribution in [-0.4, -0.2) is 345 Å². The first-order valence-electron chi connectivity index (χ1n) is 36.5. The number of fused-ring (bicyclic) bond motifs is 6. The molecule has 8 aromatic heterocycles. The second kappa shape index (κ2) is 40.0. The van der Waals surface area contributed by atoms with Crippen molar-refractivity contribution in [1.82, 2.24) is 78.1 Å². The molecule has 0 aliphatic carbocycles. The molecule has 714 valence electrons. The molecule has 14 heterocycles. The van der Waals surface area contributed by atoms with Gasteiger partial charge < -0.3 is 119 Å². The van der Waals surface area contributed by atoms with E-state index in [1.165, 1.54) is 61.6 Å². The summed E-state index contributed by atoms with van der Waals surface area (Å²) in [4.78, 5) is 86.2. The average Bonchev–Trinajstić information content (AvgIpc) is 1.57. The number of sulfone groups is 4. The van der Waals surface area contributed by atoms with E-state index in [2.05, 4.69) is 64.6 Å². The smallest absolute Gasteiger partial charge is 0.394 e. The van der Waals surface area contributed by atoms with E-state index < -0.39 is 206 Å². The lowest BCUT2D eigenvalue weighted by molar-refractivity contribution is -0.201.